The predicted octanol–water partition coefficient (Wildman–Crippen LogP) is 1.72. The fraction of sp³-hybridized carbons (Fsp3) is 0.333. The second-order valence-electron chi connectivity index (χ2n) is 7.28. The Morgan fingerprint density at radius 3 is 1.91 bits per heavy atom. The van der Waals surface area contributed by atoms with Gasteiger partial charge in [-0.15, -0.1) is 0 Å². The quantitative estimate of drug-likeness (QED) is 0.509. The van der Waals surface area contributed by atoms with Crippen molar-refractivity contribution in [2.75, 3.05) is 37.6 Å². The highest BCUT2D eigenvalue weighted by Gasteiger charge is 2.33. The van der Waals surface area contributed by atoms with E-state index in [0.29, 0.717) is 11.4 Å². The van der Waals surface area contributed by atoms with Crippen LogP contribution in [0.5, 0.6) is 5.75 Å². The molecule has 33 heavy (non-hydrogen) atoms. The molecule has 0 spiro atoms. The molecule has 12 heteroatoms. The van der Waals surface area contributed by atoms with Crippen LogP contribution in [0.15, 0.2) is 53.4 Å². The van der Waals surface area contributed by atoms with Crippen molar-refractivity contribution < 1.29 is 31.2 Å². The smallest absolute Gasteiger partial charge is 0.242 e. The number of nitrogens with zero attached hydrogens (tertiary/aromatic N) is 1. The summed E-state index contributed by atoms with van der Waals surface area (Å²) in [6, 6.07) is 11.7. The molecule has 0 aliphatic heterocycles. The van der Waals surface area contributed by atoms with E-state index >= 15 is 0 Å². The Morgan fingerprint density at radius 2 is 1.42 bits per heavy atom. The molecule has 0 heterocycles. The number of sulfonamides is 1. The molecular weight excluding hydrogens is 470 g/mol. The molecule has 2 aromatic rings. The standard InChI is InChI=1S/C21H27N3O7S2/c1-5-19(21(26)23-16-8-12-18(13-9-16)33(29,30)24(2)3)32(27,28)14-20(25)22-15-6-10-17(31-4)11-7-15/h6-13,19H,5,14H2,1-4H3,(H,22,25)(H,23,26). The Bertz CT molecular complexity index is 1190. The summed E-state index contributed by atoms with van der Waals surface area (Å²) in [5, 5.41) is 3.50. The van der Waals surface area contributed by atoms with Crippen molar-refractivity contribution in [3.8, 4) is 5.75 Å². The highest BCUT2D eigenvalue weighted by atomic mass is 32.2. The Balaban J connectivity index is 2.07. The summed E-state index contributed by atoms with van der Waals surface area (Å²) >= 11 is 0. The van der Waals surface area contributed by atoms with Crippen LogP contribution in [0, 0.1) is 0 Å². The minimum Gasteiger partial charge on any atom is -0.497 e. The van der Waals surface area contributed by atoms with Gasteiger partial charge in [-0.1, -0.05) is 6.92 Å². The van der Waals surface area contributed by atoms with E-state index in [4.69, 9.17) is 4.74 Å². The molecule has 0 radical (unpaired) electrons. The van der Waals surface area contributed by atoms with Crippen molar-refractivity contribution in [2.45, 2.75) is 23.5 Å². The lowest BCUT2D eigenvalue weighted by Crippen LogP contribution is -2.39. The van der Waals surface area contributed by atoms with E-state index in [9.17, 15) is 26.4 Å². The molecule has 0 bridgehead atoms. The van der Waals surface area contributed by atoms with Gasteiger partial charge in [0, 0.05) is 25.5 Å². The van der Waals surface area contributed by atoms with Gasteiger partial charge in [-0.2, -0.15) is 0 Å². The Morgan fingerprint density at radius 1 is 0.909 bits per heavy atom. The number of carbonyl (C=O) groups is 2. The zero-order valence-corrected chi connectivity index (χ0v) is 20.4. The number of hydrogen-bond donors (Lipinski definition) is 2. The second kappa shape index (κ2) is 10.8. The van der Waals surface area contributed by atoms with Crippen LogP contribution >= 0.6 is 0 Å². The number of benzene rings is 2. The van der Waals surface area contributed by atoms with Crippen molar-refractivity contribution in [1.82, 2.24) is 4.31 Å². The van der Waals surface area contributed by atoms with Gasteiger partial charge in [0.15, 0.2) is 9.84 Å². The van der Waals surface area contributed by atoms with Gasteiger partial charge in [-0.05, 0) is 55.0 Å². The highest BCUT2D eigenvalue weighted by molar-refractivity contribution is 7.93. The molecule has 0 aromatic heterocycles. The van der Waals surface area contributed by atoms with Crippen molar-refractivity contribution >= 4 is 43.0 Å². The zero-order valence-electron chi connectivity index (χ0n) is 18.7. The van der Waals surface area contributed by atoms with Crippen LogP contribution in [-0.4, -0.2) is 65.2 Å². The van der Waals surface area contributed by atoms with E-state index in [1.807, 2.05) is 0 Å². The Labute approximate surface area is 193 Å². The topological polar surface area (TPSA) is 139 Å². The molecule has 0 aliphatic rings. The van der Waals surface area contributed by atoms with Crippen LogP contribution in [-0.2, 0) is 29.4 Å². The van der Waals surface area contributed by atoms with Gasteiger partial charge in [-0.3, -0.25) is 9.59 Å². The zero-order chi connectivity index (χ0) is 24.8. The molecule has 0 saturated carbocycles. The van der Waals surface area contributed by atoms with Crippen LogP contribution in [0.25, 0.3) is 0 Å². The summed E-state index contributed by atoms with van der Waals surface area (Å²) < 4.78 is 55.8. The number of sulfone groups is 1. The number of anilines is 2. The predicted molar refractivity (Wildman–Crippen MR) is 125 cm³/mol. The molecule has 1 unspecified atom stereocenters. The van der Waals surface area contributed by atoms with Crippen molar-refractivity contribution in [3.63, 3.8) is 0 Å². The van der Waals surface area contributed by atoms with Gasteiger partial charge >= 0.3 is 0 Å². The van der Waals surface area contributed by atoms with E-state index in [1.54, 1.807) is 24.3 Å². The SMILES string of the molecule is CCC(C(=O)Nc1ccc(S(=O)(=O)N(C)C)cc1)S(=O)(=O)CC(=O)Nc1ccc(OC)cc1. The monoisotopic (exact) mass is 497 g/mol. The lowest BCUT2D eigenvalue weighted by Gasteiger charge is -2.16. The molecule has 2 aromatic carbocycles. The fourth-order valence-corrected chi connectivity index (χ4v) is 5.33. The van der Waals surface area contributed by atoms with Gasteiger partial charge in [0.25, 0.3) is 0 Å². The number of carbonyl (C=O) groups excluding carboxylic acids is 2. The molecule has 0 saturated heterocycles. The van der Waals surface area contributed by atoms with Gasteiger partial charge < -0.3 is 15.4 Å². The van der Waals surface area contributed by atoms with Gasteiger partial charge in [0.05, 0.1) is 12.0 Å². The number of methoxy groups -OCH3 is 1. The molecule has 2 rings (SSSR count). The van der Waals surface area contributed by atoms with E-state index in [1.165, 1.54) is 52.4 Å². The van der Waals surface area contributed by atoms with Gasteiger partial charge in [0.1, 0.15) is 16.8 Å². The number of amides is 2. The summed E-state index contributed by atoms with van der Waals surface area (Å²) in [7, 11) is -3.47. The third-order valence-electron chi connectivity index (χ3n) is 4.70. The second-order valence-corrected chi connectivity index (χ2v) is 11.6. The molecular formula is C21H27N3O7S2. The van der Waals surface area contributed by atoms with Crippen LogP contribution in [0.3, 0.4) is 0 Å². The third-order valence-corrected chi connectivity index (χ3v) is 8.61. The van der Waals surface area contributed by atoms with Gasteiger partial charge in [-0.25, -0.2) is 21.1 Å². The summed E-state index contributed by atoms with van der Waals surface area (Å²) in [6.07, 6.45) is -0.0446. The minimum absolute atomic E-state index is 0.0281. The number of hydrogen-bond acceptors (Lipinski definition) is 7. The molecule has 0 fully saturated rings. The molecule has 10 nitrogen and oxygen atoms in total. The van der Waals surface area contributed by atoms with Crippen LogP contribution < -0.4 is 15.4 Å². The van der Waals surface area contributed by atoms with Crippen molar-refractivity contribution in [1.29, 1.82) is 0 Å². The molecule has 0 aliphatic carbocycles. The third kappa shape index (κ3) is 6.76. The highest BCUT2D eigenvalue weighted by Crippen LogP contribution is 2.19. The maximum Gasteiger partial charge on any atom is 0.242 e. The average molecular weight is 498 g/mol. The largest absolute Gasteiger partial charge is 0.497 e. The van der Waals surface area contributed by atoms with Crippen LogP contribution in [0.2, 0.25) is 0 Å². The minimum atomic E-state index is -4.12. The molecule has 1 atom stereocenters. The maximum absolute atomic E-state index is 12.7. The van der Waals surface area contributed by atoms with Crippen LogP contribution in [0.1, 0.15) is 13.3 Å². The lowest BCUT2D eigenvalue weighted by molar-refractivity contribution is -0.115. The first kappa shape index (κ1) is 26.3. The van der Waals surface area contributed by atoms with Gasteiger partial charge in [0.2, 0.25) is 21.8 Å². The summed E-state index contributed by atoms with van der Waals surface area (Å²) in [5.41, 5.74) is 0.621. The summed E-state index contributed by atoms with van der Waals surface area (Å²) in [4.78, 5) is 24.9. The lowest BCUT2D eigenvalue weighted by atomic mass is 10.3. The van der Waals surface area contributed by atoms with Crippen LogP contribution in [0.4, 0.5) is 11.4 Å². The number of nitrogens with one attached hydrogen (secondary N) is 2. The van der Waals surface area contributed by atoms with Crippen molar-refractivity contribution in [2.24, 2.45) is 0 Å². The average Bonchev–Trinajstić information content (AvgIpc) is 2.74. The number of ether oxygens (including phenoxy) is 1. The van der Waals surface area contributed by atoms with E-state index in [2.05, 4.69) is 10.6 Å². The first-order chi connectivity index (χ1) is 15.4. The van der Waals surface area contributed by atoms with Crippen molar-refractivity contribution in [3.05, 3.63) is 48.5 Å². The van der Waals surface area contributed by atoms with E-state index < -0.39 is 42.7 Å². The maximum atomic E-state index is 12.7. The molecule has 180 valence electrons. The molecule has 2 N–H and O–H groups in total. The summed E-state index contributed by atoms with van der Waals surface area (Å²) in [5.74, 6) is -1.87. The van der Waals surface area contributed by atoms with E-state index in [-0.39, 0.29) is 17.0 Å². The Hall–Kier alpha value is -2.96. The Kier molecular flexibility index (Phi) is 8.58. The first-order valence-electron chi connectivity index (χ1n) is 9.89. The molecule has 2 amide bonds. The number of rotatable bonds is 10. The summed E-state index contributed by atoms with van der Waals surface area (Å²) in [6.45, 7) is 1.52. The normalized spacial score (nSPS) is 12.8. The fourth-order valence-electron chi connectivity index (χ4n) is 2.90. The van der Waals surface area contributed by atoms with E-state index in [0.717, 1.165) is 4.31 Å². The first-order valence-corrected chi connectivity index (χ1v) is 13.0.